The van der Waals surface area contributed by atoms with Crippen molar-refractivity contribution >= 4 is 11.9 Å². The third kappa shape index (κ3) is 5.20. The van der Waals surface area contributed by atoms with Gasteiger partial charge < -0.3 is 15.2 Å². The molecule has 0 fully saturated rings. The molecule has 0 saturated heterocycles. The Morgan fingerprint density at radius 3 is 2.25 bits per heavy atom. The van der Waals surface area contributed by atoms with Crippen LogP contribution in [-0.2, 0) is 13.0 Å². The van der Waals surface area contributed by atoms with E-state index in [0.717, 1.165) is 6.42 Å². The molecule has 1 amide bonds. The largest absolute Gasteiger partial charge is 0.489 e. The molecule has 0 aliphatic rings. The first-order valence-electron chi connectivity index (χ1n) is 8.99. The summed E-state index contributed by atoms with van der Waals surface area (Å²) in [7, 11) is 0. The lowest BCUT2D eigenvalue weighted by molar-refractivity contribution is 0.0693. The summed E-state index contributed by atoms with van der Waals surface area (Å²) >= 11 is 0. The highest BCUT2D eigenvalue weighted by atomic mass is 16.5. The Balaban J connectivity index is 1.52. The zero-order valence-electron chi connectivity index (χ0n) is 15.3. The van der Waals surface area contributed by atoms with E-state index in [1.807, 2.05) is 30.3 Å². The van der Waals surface area contributed by atoms with Gasteiger partial charge in [-0.05, 0) is 42.3 Å². The number of carbonyl (C=O) groups excluding carboxylic acids is 1. The van der Waals surface area contributed by atoms with E-state index in [9.17, 15) is 14.7 Å². The molecule has 0 aliphatic carbocycles. The van der Waals surface area contributed by atoms with E-state index in [1.54, 1.807) is 48.5 Å². The van der Waals surface area contributed by atoms with Gasteiger partial charge in [-0.25, -0.2) is 4.79 Å². The number of hydrogen-bond donors (Lipinski definition) is 2. The van der Waals surface area contributed by atoms with Crippen LogP contribution >= 0.6 is 0 Å². The van der Waals surface area contributed by atoms with E-state index in [4.69, 9.17) is 4.74 Å². The summed E-state index contributed by atoms with van der Waals surface area (Å²) in [5.41, 5.74) is 2.54. The highest BCUT2D eigenvalue weighted by Gasteiger charge is 2.10. The van der Waals surface area contributed by atoms with Crippen molar-refractivity contribution in [1.82, 2.24) is 5.32 Å². The van der Waals surface area contributed by atoms with Crippen LogP contribution in [0.1, 0.15) is 31.8 Å². The maximum Gasteiger partial charge on any atom is 0.336 e. The van der Waals surface area contributed by atoms with E-state index in [-0.39, 0.29) is 18.1 Å². The van der Waals surface area contributed by atoms with Gasteiger partial charge in [-0.1, -0.05) is 48.5 Å². The number of carboxylic acids is 1. The zero-order valence-corrected chi connectivity index (χ0v) is 15.3. The van der Waals surface area contributed by atoms with E-state index < -0.39 is 5.97 Å². The third-order valence-electron chi connectivity index (χ3n) is 4.30. The summed E-state index contributed by atoms with van der Waals surface area (Å²) in [6.45, 7) is 0.707. The number of amides is 1. The van der Waals surface area contributed by atoms with Gasteiger partial charge >= 0.3 is 5.97 Å². The van der Waals surface area contributed by atoms with Gasteiger partial charge in [0.15, 0.2) is 0 Å². The van der Waals surface area contributed by atoms with E-state index in [0.29, 0.717) is 23.4 Å². The molecule has 3 aromatic rings. The molecule has 3 rings (SSSR count). The fourth-order valence-electron chi connectivity index (χ4n) is 2.79. The van der Waals surface area contributed by atoms with Crippen molar-refractivity contribution in [2.24, 2.45) is 0 Å². The van der Waals surface area contributed by atoms with Gasteiger partial charge in [-0.15, -0.1) is 0 Å². The molecule has 0 heterocycles. The van der Waals surface area contributed by atoms with E-state index >= 15 is 0 Å². The molecule has 5 nitrogen and oxygen atoms in total. The second kappa shape index (κ2) is 9.37. The van der Waals surface area contributed by atoms with Crippen LogP contribution in [0, 0.1) is 0 Å². The molecule has 2 N–H and O–H groups in total. The van der Waals surface area contributed by atoms with Gasteiger partial charge in [-0.3, -0.25) is 4.79 Å². The predicted molar refractivity (Wildman–Crippen MR) is 107 cm³/mol. The molecule has 0 saturated carbocycles. The van der Waals surface area contributed by atoms with Crippen LogP contribution in [0.15, 0.2) is 78.9 Å². The van der Waals surface area contributed by atoms with Crippen LogP contribution < -0.4 is 10.1 Å². The standard InChI is InChI=1S/C23H21NO4/c25-22(24-15-14-17-6-2-1-3-7-17)18-10-12-20(13-11-18)28-16-19-8-4-5-9-21(19)23(26)27/h1-13H,14-16H2,(H,24,25)(H,26,27). The van der Waals surface area contributed by atoms with Gasteiger partial charge in [0.2, 0.25) is 0 Å². The minimum atomic E-state index is -0.985. The lowest BCUT2D eigenvalue weighted by Crippen LogP contribution is -2.25. The molecular weight excluding hydrogens is 354 g/mol. The van der Waals surface area contributed by atoms with Crippen molar-refractivity contribution < 1.29 is 19.4 Å². The maximum atomic E-state index is 12.2. The molecule has 0 aromatic heterocycles. The minimum absolute atomic E-state index is 0.140. The first-order chi connectivity index (χ1) is 13.6. The Bertz CT molecular complexity index is 936. The van der Waals surface area contributed by atoms with E-state index in [2.05, 4.69) is 5.32 Å². The van der Waals surface area contributed by atoms with Gasteiger partial charge in [0.25, 0.3) is 5.91 Å². The van der Waals surface area contributed by atoms with Crippen LogP contribution in [0.3, 0.4) is 0 Å². The summed E-state index contributed by atoms with van der Waals surface area (Å²) in [5, 5.41) is 12.1. The molecular formula is C23H21NO4. The van der Waals surface area contributed by atoms with Crippen LogP contribution in [0.2, 0.25) is 0 Å². The second-order valence-electron chi connectivity index (χ2n) is 6.27. The highest BCUT2D eigenvalue weighted by molar-refractivity contribution is 5.94. The molecule has 28 heavy (non-hydrogen) atoms. The number of carbonyl (C=O) groups is 2. The summed E-state index contributed by atoms with van der Waals surface area (Å²) in [5.74, 6) is -0.554. The Hall–Kier alpha value is -3.60. The van der Waals surface area contributed by atoms with Crippen LogP contribution in [0.5, 0.6) is 5.75 Å². The number of nitrogens with one attached hydrogen (secondary N) is 1. The number of benzene rings is 3. The Morgan fingerprint density at radius 2 is 1.54 bits per heavy atom. The van der Waals surface area contributed by atoms with Crippen molar-refractivity contribution in [2.75, 3.05) is 6.54 Å². The average Bonchev–Trinajstić information content (AvgIpc) is 2.73. The maximum absolute atomic E-state index is 12.2. The molecule has 3 aromatic carbocycles. The van der Waals surface area contributed by atoms with E-state index in [1.165, 1.54) is 5.56 Å². The monoisotopic (exact) mass is 375 g/mol. The van der Waals surface area contributed by atoms with Crippen molar-refractivity contribution in [2.45, 2.75) is 13.0 Å². The van der Waals surface area contributed by atoms with Crippen molar-refractivity contribution in [1.29, 1.82) is 0 Å². The molecule has 0 aliphatic heterocycles. The fourth-order valence-corrected chi connectivity index (χ4v) is 2.79. The Morgan fingerprint density at radius 1 is 0.857 bits per heavy atom. The quantitative estimate of drug-likeness (QED) is 0.625. The normalized spacial score (nSPS) is 10.3. The van der Waals surface area contributed by atoms with Crippen LogP contribution in [0.25, 0.3) is 0 Å². The molecule has 142 valence electrons. The number of rotatable bonds is 8. The van der Waals surface area contributed by atoms with Gasteiger partial charge in [-0.2, -0.15) is 0 Å². The van der Waals surface area contributed by atoms with Crippen molar-refractivity contribution in [3.8, 4) is 5.75 Å². The molecule has 0 atom stereocenters. The van der Waals surface area contributed by atoms with Gasteiger partial charge in [0.1, 0.15) is 12.4 Å². The lowest BCUT2D eigenvalue weighted by atomic mass is 10.1. The van der Waals surface area contributed by atoms with Crippen molar-refractivity contribution in [3.05, 3.63) is 101 Å². The SMILES string of the molecule is O=C(NCCc1ccccc1)c1ccc(OCc2ccccc2C(=O)O)cc1. The number of carboxylic acid groups (broad SMARTS) is 1. The highest BCUT2D eigenvalue weighted by Crippen LogP contribution is 2.16. The lowest BCUT2D eigenvalue weighted by Gasteiger charge is -2.10. The number of hydrogen-bond acceptors (Lipinski definition) is 3. The fraction of sp³-hybridized carbons (Fsp3) is 0.130. The predicted octanol–water partition coefficient (Wildman–Crippen LogP) is 3.94. The summed E-state index contributed by atoms with van der Waals surface area (Å²) in [6, 6.07) is 23.5. The average molecular weight is 375 g/mol. The van der Waals surface area contributed by atoms with Crippen LogP contribution in [0.4, 0.5) is 0 Å². The van der Waals surface area contributed by atoms with Crippen molar-refractivity contribution in [3.63, 3.8) is 0 Å². The second-order valence-corrected chi connectivity index (χ2v) is 6.27. The number of aromatic carboxylic acids is 1. The first kappa shape index (κ1) is 19.2. The summed E-state index contributed by atoms with van der Waals surface area (Å²) in [4.78, 5) is 23.5. The topological polar surface area (TPSA) is 75.6 Å². The minimum Gasteiger partial charge on any atom is -0.489 e. The molecule has 5 heteroatoms. The van der Waals surface area contributed by atoms with Crippen LogP contribution in [-0.4, -0.2) is 23.5 Å². The summed E-state index contributed by atoms with van der Waals surface area (Å²) in [6.07, 6.45) is 0.775. The molecule has 0 spiro atoms. The Kier molecular flexibility index (Phi) is 6.41. The Labute approximate surface area is 163 Å². The third-order valence-corrected chi connectivity index (χ3v) is 4.30. The zero-order chi connectivity index (χ0) is 19.8. The smallest absolute Gasteiger partial charge is 0.336 e. The molecule has 0 radical (unpaired) electrons. The molecule has 0 bridgehead atoms. The summed E-state index contributed by atoms with van der Waals surface area (Å²) < 4.78 is 5.66. The number of ether oxygens (including phenoxy) is 1. The van der Waals surface area contributed by atoms with Gasteiger partial charge in [0.05, 0.1) is 5.56 Å². The first-order valence-corrected chi connectivity index (χ1v) is 8.99. The van der Waals surface area contributed by atoms with Gasteiger partial charge in [0, 0.05) is 17.7 Å². The molecule has 0 unspecified atom stereocenters.